The van der Waals surface area contributed by atoms with Crippen molar-refractivity contribution in [3.8, 4) is 11.5 Å². The van der Waals surface area contributed by atoms with Crippen LogP contribution >= 0.6 is 30.8 Å². The lowest BCUT2D eigenvalue weighted by atomic mass is 10.2. The summed E-state index contributed by atoms with van der Waals surface area (Å²) < 4.78 is 30.0. The maximum absolute atomic E-state index is 13.0. The number of hydrogen-bond acceptors (Lipinski definition) is 7. The average molecular weight is 491 g/mol. The molecule has 0 saturated carbocycles. The lowest BCUT2D eigenvalue weighted by Gasteiger charge is -2.27. The molecular formula is C20H25Cl2N2O6P. The van der Waals surface area contributed by atoms with Crippen LogP contribution in [0.25, 0.3) is 0 Å². The van der Waals surface area contributed by atoms with Gasteiger partial charge < -0.3 is 14.6 Å². The Kier molecular flexibility index (Phi) is 8.74. The summed E-state index contributed by atoms with van der Waals surface area (Å²) in [5, 5.41) is 15.1. The molecule has 2 atom stereocenters. The molecule has 0 radical (unpaired) electrons. The zero-order valence-electron chi connectivity index (χ0n) is 17.8. The summed E-state index contributed by atoms with van der Waals surface area (Å²) in [7, 11) is -3.45. The van der Waals surface area contributed by atoms with Crippen LogP contribution in [0.2, 0.25) is 10.0 Å². The molecule has 0 aliphatic heterocycles. The van der Waals surface area contributed by atoms with Crippen LogP contribution in [-0.2, 0) is 13.6 Å². The van der Waals surface area contributed by atoms with Crippen molar-refractivity contribution in [1.29, 1.82) is 0 Å². The van der Waals surface area contributed by atoms with Gasteiger partial charge in [0.25, 0.3) is 5.69 Å². The van der Waals surface area contributed by atoms with E-state index in [9.17, 15) is 14.7 Å². The molecule has 11 heteroatoms. The minimum atomic E-state index is -3.45. The van der Waals surface area contributed by atoms with Gasteiger partial charge in [-0.2, -0.15) is 0 Å². The van der Waals surface area contributed by atoms with Gasteiger partial charge in [-0.25, -0.2) is 0 Å². The van der Waals surface area contributed by atoms with E-state index in [2.05, 4.69) is 5.32 Å². The molecule has 0 bridgehead atoms. The van der Waals surface area contributed by atoms with E-state index >= 15 is 0 Å². The highest BCUT2D eigenvalue weighted by atomic mass is 35.5. The van der Waals surface area contributed by atoms with Crippen LogP contribution in [0, 0.1) is 10.1 Å². The number of nitrogens with one attached hydrogen (secondary N) is 1. The highest BCUT2D eigenvalue weighted by molar-refractivity contribution is 7.54. The van der Waals surface area contributed by atoms with Crippen molar-refractivity contribution in [1.82, 2.24) is 0 Å². The number of nitro groups is 1. The molecule has 31 heavy (non-hydrogen) atoms. The van der Waals surface area contributed by atoms with Gasteiger partial charge in [0.1, 0.15) is 23.4 Å². The first-order valence-corrected chi connectivity index (χ1v) is 11.9. The van der Waals surface area contributed by atoms with Gasteiger partial charge in [0.15, 0.2) is 0 Å². The summed E-state index contributed by atoms with van der Waals surface area (Å²) >= 11 is 12.0. The number of benzene rings is 2. The minimum absolute atomic E-state index is 0.125. The Hall–Kier alpha value is -1.83. The molecule has 2 aromatic rings. The van der Waals surface area contributed by atoms with E-state index in [0.717, 1.165) is 0 Å². The van der Waals surface area contributed by atoms with Gasteiger partial charge in [0.05, 0.1) is 21.7 Å². The summed E-state index contributed by atoms with van der Waals surface area (Å²) in [5.41, 5.74) is -0.468. The maximum Gasteiger partial charge on any atom is 0.335 e. The standard InChI is InChI=1S/C20H25Cl2N2O6P/c1-12(2)29-31(27,13(3)4)30-14(5)23-18-11-16(7-8-19(18)24(25)26)28-20-9-6-15(21)10-17(20)22/h6-14,23H,1-5H3. The van der Waals surface area contributed by atoms with Gasteiger partial charge in [-0.05, 0) is 45.0 Å². The van der Waals surface area contributed by atoms with Crippen molar-refractivity contribution in [2.24, 2.45) is 0 Å². The van der Waals surface area contributed by atoms with Crippen LogP contribution in [0.4, 0.5) is 11.4 Å². The summed E-state index contributed by atoms with van der Waals surface area (Å²) in [6.07, 6.45) is -1.16. The maximum atomic E-state index is 13.0. The van der Waals surface area contributed by atoms with Crippen molar-refractivity contribution in [3.05, 3.63) is 56.6 Å². The predicted octanol–water partition coefficient (Wildman–Crippen LogP) is 7.49. The number of ether oxygens (including phenoxy) is 1. The van der Waals surface area contributed by atoms with Gasteiger partial charge in [-0.15, -0.1) is 0 Å². The van der Waals surface area contributed by atoms with Crippen molar-refractivity contribution in [2.75, 3.05) is 5.32 Å². The van der Waals surface area contributed by atoms with E-state index in [4.69, 9.17) is 37.0 Å². The average Bonchev–Trinajstić information content (AvgIpc) is 2.63. The second-order valence-electron chi connectivity index (χ2n) is 7.29. The Morgan fingerprint density at radius 1 is 1.03 bits per heavy atom. The molecular weight excluding hydrogens is 466 g/mol. The molecule has 0 fully saturated rings. The SMILES string of the molecule is CC(C)OP(=O)(OC(C)Nc1cc(Oc2ccc(Cl)cc2Cl)ccc1[N+](=O)[O-])C(C)C. The van der Waals surface area contributed by atoms with Crippen LogP contribution in [0.5, 0.6) is 11.5 Å². The topological polar surface area (TPSA) is 99.9 Å². The molecule has 0 spiro atoms. The fourth-order valence-electron chi connectivity index (χ4n) is 2.57. The molecule has 8 nitrogen and oxygen atoms in total. The molecule has 2 rings (SSSR count). The van der Waals surface area contributed by atoms with Gasteiger partial charge in [0, 0.05) is 17.2 Å². The van der Waals surface area contributed by atoms with Crippen LogP contribution in [0.15, 0.2) is 36.4 Å². The van der Waals surface area contributed by atoms with Gasteiger partial charge in [-0.3, -0.25) is 19.2 Å². The van der Waals surface area contributed by atoms with E-state index < -0.39 is 24.4 Å². The third-order valence-electron chi connectivity index (χ3n) is 3.94. The Morgan fingerprint density at radius 3 is 2.26 bits per heavy atom. The van der Waals surface area contributed by atoms with Crippen molar-refractivity contribution in [3.63, 3.8) is 0 Å². The van der Waals surface area contributed by atoms with Crippen molar-refractivity contribution < 1.29 is 23.3 Å². The van der Waals surface area contributed by atoms with Crippen LogP contribution in [0.1, 0.15) is 34.6 Å². The minimum Gasteiger partial charge on any atom is -0.456 e. The summed E-state index contributed by atoms with van der Waals surface area (Å²) in [5.74, 6) is 0.639. The van der Waals surface area contributed by atoms with Crippen LogP contribution < -0.4 is 10.1 Å². The molecule has 0 heterocycles. The third kappa shape index (κ3) is 7.09. The normalized spacial score (nSPS) is 14.4. The van der Waals surface area contributed by atoms with Gasteiger partial charge in [0.2, 0.25) is 0 Å². The largest absolute Gasteiger partial charge is 0.456 e. The van der Waals surface area contributed by atoms with E-state index in [1.807, 2.05) is 0 Å². The lowest BCUT2D eigenvalue weighted by molar-refractivity contribution is -0.384. The number of nitrogens with zero attached hydrogens (tertiary/aromatic N) is 1. The monoisotopic (exact) mass is 490 g/mol. The number of anilines is 1. The molecule has 2 aromatic carbocycles. The molecule has 0 amide bonds. The molecule has 1 N–H and O–H groups in total. The Balaban J connectivity index is 2.28. The molecule has 0 aliphatic carbocycles. The summed E-state index contributed by atoms with van der Waals surface area (Å²) in [4.78, 5) is 10.9. The summed E-state index contributed by atoms with van der Waals surface area (Å²) in [6.45, 7) is 8.55. The van der Waals surface area contributed by atoms with E-state index in [-0.39, 0.29) is 17.5 Å². The number of halogens is 2. The first-order valence-electron chi connectivity index (χ1n) is 9.55. The van der Waals surface area contributed by atoms with E-state index in [0.29, 0.717) is 21.5 Å². The fraction of sp³-hybridized carbons (Fsp3) is 0.400. The highest BCUT2D eigenvalue weighted by Crippen LogP contribution is 2.54. The van der Waals surface area contributed by atoms with Gasteiger partial charge >= 0.3 is 7.60 Å². The highest BCUT2D eigenvalue weighted by Gasteiger charge is 2.33. The lowest BCUT2D eigenvalue weighted by Crippen LogP contribution is -2.22. The number of hydrogen-bond donors (Lipinski definition) is 1. The first-order chi connectivity index (χ1) is 14.4. The Bertz CT molecular complexity index is 986. The predicted molar refractivity (Wildman–Crippen MR) is 123 cm³/mol. The molecule has 0 saturated heterocycles. The quantitative estimate of drug-likeness (QED) is 0.159. The zero-order chi connectivity index (χ0) is 23.3. The molecule has 0 aromatic heterocycles. The van der Waals surface area contributed by atoms with Crippen LogP contribution in [0.3, 0.4) is 0 Å². The third-order valence-corrected chi connectivity index (χ3v) is 7.06. The van der Waals surface area contributed by atoms with Gasteiger partial charge in [-0.1, -0.05) is 37.0 Å². The zero-order valence-corrected chi connectivity index (χ0v) is 20.2. The first kappa shape index (κ1) is 25.4. The van der Waals surface area contributed by atoms with E-state index in [1.165, 1.54) is 24.3 Å². The second kappa shape index (κ2) is 10.7. The fourth-order valence-corrected chi connectivity index (χ4v) is 4.63. The van der Waals surface area contributed by atoms with Crippen molar-refractivity contribution in [2.45, 2.75) is 52.6 Å². The smallest absolute Gasteiger partial charge is 0.335 e. The molecule has 170 valence electrons. The van der Waals surface area contributed by atoms with Crippen LogP contribution in [-0.4, -0.2) is 22.9 Å². The molecule has 0 aliphatic rings. The Morgan fingerprint density at radius 2 is 1.71 bits per heavy atom. The Labute approximate surface area is 191 Å². The molecule has 2 unspecified atom stereocenters. The number of nitro benzene ring substituents is 1. The number of rotatable bonds is 10. The van der Waals surface area contributed by atoms with Crippen molar-refractivity contribution >= 4 is 42.2 Å². The summed E-state index contributed by atoms with van der Waals surface area (Å²) in [6, 6.07) is 8.90. The van der Waals surface area contributed by atoms with E-state index in [1.54, 1.807) is 46.8 Å². The second-order valence-corrected chi connectivity index (χ2v) is 10.7.